The molecule has 3 atom stereocenters. The number of nitrogens with zero attached hydrogens (tertiary/aromatic N) is 2. The van der Waals surface area contributed by atoms with E-state index >= 15 is 0 Å². The van der Waals surface area contributed by atoms with Gasteiger partial charge in [0, 0.05) is 25.7 Å². The van der Waals surface area contributed by atoms with Gasteiger partial charge in [-0.25, -0.2) is 0 Å². The second-order valence-corrected chi connectivity index (χ2v) is 5.00. The molecule has 0 radical (unpaired) electrons. The first-order valence-corrected chi connectivity index (χ1v) is 5.86. The van der Waals surface area contributed by atoms with Crippen molar-refractivity contribution in [3.05, 3.63) is 0 Å². The van der Waals surface area contributed by atoms with E-state index < -0.39 is 0 Å². The van der Waals surface area contributed by atoms with Crippen molar-refractivity contribution in [2.75, 3.05) is 46.8 Å². The van der Waals surface area contributed by atoms with Gasteiger partial charge in [0.1, 0.15) is 0 Å². The molecule has 3 unspecified atom stereocenters. The summed E-state index contributed by atoms with van der Waals surface area (Å²) in [7, 11) is 4.28. The molecule has 2 fully saturated rings. The van der Waals surface area contributed by atoms with E-state index in [1.807, 2.05) is 0 Å². The summed E-state index contributed by atoms with van der Waals surface area (Å²) in [5.41, 5.74) is 0. The van der Waals surface area contributed by atoms with Crippen molar-refractivity contribution in [3.8, 4) is 0 Å². The molecule has 0 saturated carbocycles. The molecule has 2 rings (SSSR count). The number of fused-ring (bicyclic) bond motifs is 2. The van der Waals surface area contributed by atoms with Crippen molar-refractivity contribution in [2.24, 2.45) is 5.92 Å². The maximum Gasteiger partial charge on any atom is 0.0121 e. The fraction of sp³-hybridized carbons (Fsp3) is 1.00. The largest absolute Gasteiger partial charge is 0.312 e. The first-order chi connectivity index (χ1) is 6.75. The van der Waals surface area contributed by atoms with Gasteiger partial charge in [0.25, 0.3) is 0 Å². The molecule has 2 aliphatic heterocycles. The third-order valence-corrected chi connectivity index (χ3v) is 3.60. The molecule has 0 aromatic rings. The third kappa shape index (κ3) is 2.47. The highest BCUT2D eigenvalue weighted by Gasteiger charge is 2.33. The summed E-state index contributed by atoms with van der Waals surface area (Å²) in [5.74, 6) is 0.936. The van der Waals surface area contributed by atoms with Gasteiger partial charge in [-0.05, 0) is 45.9 Å². The number of hydrogen-bond acceptors (Lipinski definition) is 3. The highest BCUT2D eigenvalue weighted by atomic mass is 15.2. The molecule has 14 heavy (non-hydrogen) atoms. The Balaban J connectivity index is 1.70. The Hall–Kier alpha value is -0.120. The molecule has 1 N–H and O–H groups in total. The molecule has 3 nitrogen and oxygen atoms in total. The molecule has 2 aliphatic rings. The van der Waals surface area contributed by atoms with E-state index in [0.717, 1.165) is 25.0 Å². The third-order valence-electron chi connectivity index (χ3n) is 3.60. The predicted molar refractivity (Wildman–Crippen MR) is 59.5 cm³/mol. The van der Waals surface area contributed by atoms with Crippen LogP contribution < -0.4 is 5.32 Å². The van der Waals surface area contributed by atoms with Gasteiger partial charge in [-0.3, -0.25) is 0 Å². The summed E-state index contributed by atoms with van der Waals surface area (Å²) in [6.45, 7) is 6.31. The molecule has 82 valence electrons. The van der Waals surface area contributed by atoms with Crippen molar-refractivity contribution in [1.29, 1.82) is 0 Å². The highest BCUT2D eigenvalue weighted by Crippen LogP contribution is 2.26. The van der Waals surface area contributed by atoms with Crippen molar-refractivity contribution < 1.29 is 0 Å². The zero-order valence-electron chi connectivity index (χ0n) is 9.50. The molecule has 2 bridgehead atoms. The molecule has 0 aromatic carbocycles. The van der Waals surface area contributed by atoms with Crippen molar-refractivity contribution >= 4 is 0 Å². The van der Waals surface area contributed by atoms with Gasteiger partial charge in [-0.2, -0.15) is 0 Å². The zero-order valence-corrected chi connectivity index (χ0v) is 9.50. The second kappa shape index (κ2) is 4.60. The summed E-state index contributed by atoms with van der Waals surface area (Å²) < 4.78 is 0. The van der Waals surface area contributed by atoms with E-state index in [9.17, 15) is 0 Å². The first kappa shape index (κ1) is 10.4. The summed E-state index contributed by atoms with van der Waals surface area (Å²) in [4.78, 5) is 4.85. The Kier molecular flexibility index (Phi) is 3.42. The Morgan fingerprint density at radius 3 is 2.86 bits per heavy atom. The minimum Gasteiger partial charge on any atom is -0.312 e. The van der Waals surface area contributed by atoms with Crippen LogP contribution in [0.4, 0.5) is 0 Å². The molecular formula is C11H23N3. The minimum atomic E-state index is 0.800. The molecule has 0 aromatic heterocycles. The average Bonchev–Trinajstić information content (AvgIpc) is 2.52. The van der Waals surface area contributed by atoms with Gasteiger partial charge in [-0.15, -0.1) is 0 Å². The van der Waals surface area contributed by atoms with E-state index in [-0.39, 0.29) is 0 Å². The van der Waals surface area contributed by atoms with Crippen LogP contribution in [-0.4, -0.2) is 62.7 Å². The van der Waals surface area contributed by atoms with E-state index in [1.54, 1.807) is 0 Å². The second-order valence-electron chi connectivity index (χ2n) is 5.00. The zero-order chi connectivity index (χ0) is 9.97. The SMILES string of the molecule is CN(C)CCNC1CCN2CCC1C2. The lowest BCUT2D eigenvalue weighted by Gasteiger charge is -2.31. The topological polar surface area (TPSA) is 18.5 Å². The highest BCUT2D eigenvalue weighted by molar-refractivity contribution is 4.90. The minimum absolute atomic E-state index is 0.800. The number of nitrogens with one attached hydrogen (secondary N) is 1. The number of likely N-dealkylation sites (N-methyl/N-ethyl adjacent to an activating group) is 1. The molecule has 2 saturated heterocycles. The Bertz CT molecular complexity index is 181. The van der Waals surface area contributed by atoms with Crippen LogP contribution in [0.1, 0.15) is 12.8 Å². The van der Waals surface area contributed by atoms with E-state index in [2.05, 4.69) is 29.2 Å². The monoisotopic (exact) mass is 197 g/mol. The van der Waals surface area contributed by atoms with Crippen molar-refractivity contribution in [1.82, 2.24) is 15.1 Å². The fourth-order valence-electron chi connectivity index (χ4n) is 2.69. The van der Waals surface area contributed by atoms with Gasteiger partial charge in [0.05, 0.1) is 0 Å². The maximum absolute atomic E-state index is 3.71. The predicted octanol–water partition coefficient (Wildman–Crippen LogP) is 0.232. The average molecular weight is 197 g/mol. The summed E-state index contributed by atoms with van der Waals surface area (Å²) in [5, 5.41) is 3.71. The van der Waals surface area contributed by atoms with Crippen LogP contribution >= 0.6 is 0 Å². The molecule has 3 heteroatoms. The van der Waals surface area contributed by atoms with Gasteiger partial charge in [-0.1, -0.05) is 0 Å². The molecular weight excluding hydrogens is 174 g/mol. The van der Waals surface area contributed by atoms with Crippen LogP contribution in [0.3, 0.4) is 0 Å². The first-order valence-electron chi connectivity index (χ1n) is 5.86. The van der Waals surface area contributed by atoms with Crippen LogP contribution in [-0.2, 0) is 0 Å². The Morgan fingerprint density at radius 1 is 1.29 bits per heavy atom. The molecule has 0 aliphatic carbocycles. The Morgan fingerprint density at radius 2 is 2.07 bits per heavy atom. The van der Waals surface area contributed by atoms with E-state index in [4.69, 9.17) is 0 Å². The maximum atomic E-state index is 3.71. The fourth-order valence-corrected chi connectivity index (χ4v) is 2.69. The van der Waals surface area contributed by atoms with Crippen LogP contribution in [0, 0.1) is 5.92 Å². The normalized spacial score (nSPS) is 36.6. The van der Waals surface area contributed by atoms with Crippen LogP contribution in [0.25, 0.3) is 0 Å². The van der Waals surface area contributed by atoms with Gasteiger partial charge < -0.3 is 15.1 Å². The van der Waals surface area contributed by atoms with Crippen molar-refractivity contribution in [3.63, 3.8) is 0 Å². The van der Waals surface area contributed by atoms with E-state index in [1.165, 1.54) is 32.5 Å². The van der Waals surface area contributed by atoms with Gasteiger partial charge in [0.2, 0.25) is 0 Å². The summed E-state index contributed by atoms with van der Waals surface area (Å²) in [6, 6.07) is 0.800. The van der Waals surface area contributed by atoms with E-state index in [0.29, 0.717) is 0 Å². The van der Waals surface area contributed by atoms with Crippen LogP contribution in [0.15, 0.2) is 0 Å². The smallest absolute Gasteiger partial charge is 0.0121 e. The van der Waals surface area contributed by atoms with Crippen LogP contribution in [0.2, 0.25) is 0 Å². The van der Waals surface area contributed by atoms with Gasteiger partial charge in [0.15, 0.2) is 0 Å². The van der Waals surface area contributed by atoms with Crippen molar-refractivity contribution in [2.45, 2.75) is 18.9 Å². The number of piperidine rings is 1. The lowest BCUT2D eigenvalue weighted by molar-refractivity contribution is 0.218. The van der Waals surface area contributed by atoms with Gasteiger partial charge >= 0.3 is 0 Å². The summed E-state index contributed by atoms with van der Waals surface area (Å²) >= 11 is 0. The van der Waals surface area contributed by atoms with Crippen LogP contribution in [0.5, 0.6) is 0 Å². The Labute approximate surface area is 87.4 Å². The lowest BCUT2D eigenvalue weighted by Crippen LogP contribution is -2.45. The molecule has 0 spiro atoms. The molecule has 0 amide bonds. The standard InChI is InChI=1S/C11H23N3/c1-13(2)8-5-12-11-4-7-14-6-3-10(11)9-14/h10-12H,3-9H2,1-2H3. The number of hydrogen-bond donors (Lipinski definition) is 1. The number of rotatable bonds is 4. The lowest BCUT2D eigenvalue weighted by atomic mass is 9.94. The quantitative estimate of drug-likeness (QED) is 0.696. The molecule has 2 heterocycles. The summed E-state index contributed by atoms with van der Waals surface area (Å²) in [6.07, 6.45) is 2.78.